The highest BCUT2D eigenvalue weighted by Gasteiger charge is 2.47. The third-order valence-electron chi connectivity index (χ3n) is 6.70. The zero-order valence-electron chi connectivity index (χ0n) is 19.5. The molecule has 33 heavy (non-hydrogen) atoms. The largest absolute Gasteiger partial charge is 0.480 e. The molecule has 1 fully saturated rings. The summed E-state index contributed by atoms with van der Waals surface area (Å²) in [5.74, 6) is -0.623. The van der Waals surface area contributed by atoms with Gasteiger partial charge >= 0.3 is 12.1 Å². The molecule has 3 rings (SSSR count). The number of carbonyl (C=O) groups is 2. The molecule has 0 radical (unpaired) electrons. The molecule has 4 atom stereocenters. The fourth-order valence-electron chi connectivity index (χ4n) is 4.67. The van der Waals surface area contributed by atoms with Crippen LogP contribution in [0, 0.1) is 5.92 Å². The monoisotopic (exact) mass is 453 g/mol. The molecule has 2 aromatic rings. The van der Waals surface area contributed by atoms with Gasteiger partial charge in [0, 0.05) is 19.6 Å². The second-order valence-corrected chi connectivity index (χ2v) is 8.78. The van der Waals surface area contributed by atoms with Crippen LogP contribution in [0.4, 0.5) is 4.79 Å². The van der Waals surface area contributed by atoms with Gasteiger partial charge in [0.05, 0.1) is 6.04 Å². The lowest BCUT2D eigenvalue weighted by atomic mass is 9.92. The van der Waals surface area contributed by atoms with Gasteiger partial charge in [-0.1, -0.05) is 74.0 Å². The predicted molar refractivity (Wildman–Crippen MR) is 127 cm³/mol. The Morgan fingerprint density at radius 2 is 1.73 bits per heavy atom. The lowest BCUT2D eigenvalue weighted by Gasteiger charge is -2.35. The van der Waals surface area contributed by atoms with Crippen LogP contribution in [-0.4, -0.2) is 58.7 Å². The molecule has 1 aliphatic heterocycles. The van der Waals surface area contributed by atoms with Crippen molar-refractivity contribution in [1.82, 2.24) is 9.80 Å². The second-order valence-electron chi connectivity index (χ2n) is 8.78. The summed E-state index contributed by atoms with van der Waals surface area (Å²) in [6.07, 6.45) is 1.54. The number of benzene rings is 2. The van der Waals surface area contributed by atoms with E-state index in [1.54, 1.807) is 11.9 Å². The zero-order valence-corrected chi connectivity index (χ0v) is 19.5. The molecular weight excluding hydrogens is 418 g/mol. The molecule has 3 N–H and O–H groups in total. The maximum Gasteiger partial charge on any atom is 0.410 e. The van der Waals surface area contributed by atoms with Crippen LogP contribution in [0.2, 0.25) is 0 Å². The zero-order chi connectivity index (χ0) is 23.8. The number of hydrogen-bond donors (Lipinski definition) is 2. The minimum atomic E-state index is -0.870. The van der Waals surface area contributed by atoms with Gasteiger partial charge in [0.15, 0.2) is 0 Å². The molecule has 178 valence electrons. The third-order valence-corrected chi connectivity index (χ3v) is 6.70. The standard InChI is InChI=1S/C26H35N3O4/c1-3-19(16-27)14-23-22(28(2)26(32)33-18-21-12-8-5-9-13-21)15-24(25(30)31)29(23)17-20-10-6-4-7-11-20/h4-13,19,22-24H,3,14-18,27H2,1-2H3,(H,30,31). The number of ether oxygens (including phenoxy) is 1. The van der Waals surface area contributed by atoms with E-state index in [1.807, 2.05) is 65.6 Å². The van der Waals surface area contributed by atoms with E-state index in [4.69, 9.17) is 10.5 Å². The lowest BCUT2D eigenvalue weighted by molar-refractivity contribution is -0.143. The van der Waals surface area contributed by atoms with E-state index < -0.39 is 18.1 Å². The number of nitrogens with zero attached hydrogens (tertiary/aromatic N) is 2. The highest BCUT2D eigenvalue weighted by atomic mass is 16.6. The molecule has 0 aliphatic carbocycles. The maximum atomic E-state index is 12.9. The SMILES string of the molecule is CCC(CN)CC1C(N(C)C(=O)OCc2ccccc2)CC(C(=O)O)N1Cc1ccccc1. The second kappa shape index (κ2) is 11.8. The first-order chi connectivity index (χ1) is 15.9. The Kier molecular flexibility index (Phi) is 8.86. The molecule has 0 bridgehead atoms. The van der Waals surface area contributed by atoms with Gasteiger partial charge in [-0.15, -0.1) is 0 Å². The van der Waals surface area contributed by atoms with Crippen molar-refractivity contribution < 1.29 is 19.4 Å². The van der Waals surface area contributed by atoms with Crippen LogP contribution >= 0.6 is 0 Å². The van der Waals surface area contributed by atoms with Crippen molar-refractivity contribution in [1.29, 1.82) is 0 Å². The minimum absolute atomic E-state index is 0.130. The van der Waals surface area contributed by atoms with Gasteiger partial charge in [-0.05, 0) is 36.4 Å². The van der Waals surface area contributed by atoms with Crippen molar-refractivity contribution in [2.24, 2.45) is 11.7 Å². The Labute approximate surface area is 196 Å². The van der Waals surface area contributed by atoms with Crippen molar-refractivity contribution in [3.63, 3.8) is 0 Å². The van der Waals surface area contributed by atoms with Gasteiger partial charge in [-0.3, -0.25) is 9.69 Å². The number of aliphatic carboxylic acids is 1. The normalized spacial score (nSPS) is 21.5. The molecule has 1 aliphatic rings. The van der Waals surface area contributed by atoms with Gasteiger partial charge in [0.1, 0.15) is 12.6 Å². The lowest BCUT2D eigenvalue weighted by Crippen LogP contribution is -2.48. The van der Waals surface area contributed by atoms with Crippen LogP contribution in [0.15, 0.2) is 60.7 Å². The van der Waals surface area contributed by atoms with Crippen LogP contribution in [0.25, 0.3) is 0 Å². The summed E-state index contributed by atoms with van der Waals surface area (Å²) in [5, 5.41) is 10.0. The number of hydrogen-bond acceptors (Lipinski definition) is 5. The predicted octanol–water partition coefficient (Wildman–Crippen LogP) is 3.73. The van der Waals surface area contributed by atoms with Gasteiger partial charge in [0.2, 0.25) is 0 Å². The molecule has 0 saturated carbocycles. The summed E-state index contributed by atoms with van der Waals surface area (Å²) < 4.78 is 5.55. The average Bonchev–Trinajstić information content (AvgIpc) is 3.19. The minimum Gasteiger partial charge on any atom is -0.480 e. The molecule has 1 saturated heterocycles. The van der Waals surface area contributed by atoms with Crippen LogP contribution in [0.1, 0.15) is 37.3 Å². The van der Waals surface area contributed by atoms with Gasteiger partial charge in [0.25, 0.3) is 0 Å². The number of amides is 1. The smallest absolute Gasteiger partial charge is 0.410 e. The maximum absolute atomic E-state index is 12.9. The average molecular weight is 454 g/mol. The summed E-state index contributed by atoms with van der Waals surface area (Å²) >= 11 is 0. The van der Waals surface area contributed by atoms with Gasteiger partial charge in [-0.25, -0.2) is 4.79 Å². The Morgan fingerprint density at radius 3 is 2.27 bits per heavy atom. The molecular formula is C26H35N3O4. The van der Waals surface area contributed by atoms with Crippen molar-refractivity contribution in [3.8, 4) is 0 Å². The number of carboxylic acids is 1. The topological polar surface area (TPSA) is 96.1 Å². The molecule has 7 heteroatoms. The third kappa shape index (κ3) is 6.33. The Hall–Kier alpha value is -2.90. The molecule has 0 spiro atoms. The van der Waals surface area contributed by atoms with Crippen LogP contribution in [0.5, 0.6) is 0 Å². The van der Waals surface area contributed by atoms with Crippen molar-refractivity contribution in [2.45, 2.75) is 57.5 Å². The van der Waals surface area contributed by atoms with Crippen LogP contribution in [-0.2, 0) is 22.7 Å². The first-order valence-electron chi connectivity index (χ1n) is 11.6. The van der Waals surface area contributed by atoms with Crippen LogP contribution < -0.4 is 5.73 Å². The van der Waals surface area contributed by atoms with E-state index in [9.17, 15) is 14.7 Å². The van der Waals surface area contributed by atoms with E-state index in [0.717, 1.165) is 24.0 Å². The van der Waals surface area contributed by atoms with Gasteiger partial charge < -0.3 is 20.5 Å². The van der Waals surface area contributed by atoms with E-state index >= 15 is 0 Å². The van der Waals surface area contributed by atoms with Crippen LogP contribution in [0.3, 0.4) is 0 Å². The number of likely N-dealkylation sites (tertiary alicyclic amines) is 1. The Bertz CT molecular complexity index is 889. The molecule has 4 unspecified atom stereocenters. The highest BCUT2D eigenvalue weighted by molar-refractivity contribution is 5.75. The molecule has 1 amide bonds. The van der Waals surface area contributed by atoms with E-state index in [-0.39, 0.29) is 24.6 Å². The summed E-state index contributed by atoms with van der Waals surface area (Å²) in [7, 11) is 1.71. The summed E-state index contributed by atoms with van der Waals surface area (Å²) in [6, 6.07) is 18.3. The highest BCUT2D eigenvalue weighted by Crippen LogP contribution is 2.34. The molecule has 2 aromatic carbocycles. The Morgan fingerprint density at radius 1 is 1.12 bits per heavy atom. The van der Waals surface area contributed by atoms with E-state index in [0.29, 0.717) is 19.5 Å². The fraction of sp³-hybridized carbons (Fsp3) is 0.462. The van der Waals surface area contributed by atoms with E-state index in [1.165, 1.54) is 0 Å². The number of nitrogens with two attached hydrogens (primary N) is 1. The number of carboxylic acid groups (broad SMARTS) is 1. The van der Waals surface area contributed by atoms with Gasteiger partial charge in [-0.2, -0.15) is 0 Å². The fourth-order valence-corrected chi connectivity index (χ4v) is 4.67. The first-order valence-corrected chi connectivity index (χ1v) is 11.6. The quantitative estimate of drug-likeness (QED) is 0.569. The molecule has 1 heterocycles. The van der Waals surface area contributed by atoms with Crippen molar-refractivity contribution >= 4 is 12.1 Å². The number of rotatable bonds is 10. The van der Waals surface area contributed by atoms with Crippen molar-refractivity contribution in [3.05, 3.63) is 71.8 Å². The summed E-state index contributed by atoms with van der Waals surface area (Å²) in [5.41, 5.74) is 7.96. The molecule has 7 nitrogen and oxygen atoms in total. The Balaban J connectivity index is 1.81. The number of likely N-dealkylation sites (N-methyl/N-ethyl adjacent to an activating group) is 1. The number of carbonyl (C=O) groups excluding carboxylic acids is 1. The molecule has 0 aromatic heterocycles. The summed E-state index contributed by atoms with van der Waals surface area (Å²) in [6.45, 7) is 3.30. The van der Waals surface area contributed by atoms with E-state index in [2.05, 4.69) is 6.92 Å². The summed E-state index contributed by atoms with van der Waals surface area (Å²) in [4.78, 5) is 28.8. The first kappa shape index (κ1) is 24.7. The van der Waals surface area contributed by atoms with Crippen molar-refractivity contribution in [2.75, 3.05) is 13.6 Å².